The number of nitrogens with zero attached hydrogens (tertiary/aromatic N) is 3. The Morgan fingerprint density at radius 1 is 1.30 bits per heavy atom. The highest BCUT2D eigenvalue weighted by atomic mass is 32.2. The van der Waals surface area contributed by atoms with Gasteiger partial charge in [0.25, 0.3) is 0 Å². The smallest absolute Gasteiger partial charge is 0.392 e. The predicted octanol–water partition coefficient (Wildman–Crippen LogP) is 3.93. The molecule has 0 aliphatic carbocycles. The summed E-state index contributed by atoms with van der Waals surface area (Å²) < 4.78 is 58.3. The minimum Gasteiger partial charge on any atom is -0.392 e. The molecule has 2 fully saturated rings. The summed E-state index contributed by atoms with van der Waals surface area (Å²) in [5.41, 5.74) is 3.75. The van der Waals surface area contributed by atoms with E-state index in [1.165, 1.54) is 4.79 Å². The molecular formula is C24H35F3N4O4S2. The van der Waals surface area contributed by atoms with Gasteiger partial charge in [0.05, 0.1) is 31.7 Å². The van der Waals surface area contributed by atoms with Crippen LogP contribution in [-0.2, 0) is 51.7 Å². The van der Waals surface area contributed by atoms with Gasteiger partial charge in [0.15, 0.2) is 0 Å². The quantitative estimate of drug-likeness (QED) is 0.514. The van der Waals surface area contributed by atoms with Crippen molar-refractivity contribution < 1.29 is 32.1 Å². The minimum absolute atomic E-state index is 0.0143. The molecule has 3 aliphatic rings. The molecular weight excluding hydrogens is 529 g/mol. The number of fused-ring (bicyclic) bond motifs is 2. The van der Waals surface area contributed by atoms with Crippen molar-refractivity contribution in [2.75, 3.05) is 36.8 Å². The monoisotopic (exact) mass is 564 g/mol. The van der Waals surface area contributed by atoms with Crippen LogP contribution in [0.15, 0.2) is 12.4 Å². The van der Waals surface area contributed by atoms with Gasteiger partial charge >= 0.3 is 6.18 Å². The molecule has 2 N–H and O–H groups in total. The van der Waals surface area contributed by atoms with Crippen LogP contribution in [0, 0.1) is 0 Å². The Labute approximate surface area is 221 Å². The van der Waals surface area contributed by atoms with Crippen LogP contribution >= 0.6 is 11.3 Å². The summed E-state index contributed by atoms with van der Waals surface area (Å²) >= 11 is 0.744. The van der Waals surface area contributed by atoms with Crippen molar-refractivity contribution in [3.63, 3.8) is 0 Å². The second kappa shape index (κ2) is 12.1. The van der Waals surface area contributed by atoms with Gasteiger partial charge in [-0.2, -0.15) is 28.6 Å². The average molecular weight is 565 g/mol. The summed E-state index contributed by atoms with van der Waals surface area (Å²) in [5, 5.41) is 13.9. The van der Waals surface area contributed by atoms with Crippen molar-refractivity contribution in [1.82, 2.24) is 14.8 Å². The minimum atomic E-state index is -4.48. The van der Waals surface area contributed by atoms with Crippen molar-refractivity contribution in [2.24, 2.45) is 0 Å². The zero-order valence-electron chi connectivity index (χ0n) is 21.2. The summed E-state index contributed by atoms with van der Waals surface area (Å²) in [6.45, 7) is 5.78. The molecule has 8 nitrogen and oxygen atoms in total. The molecule has 0 saturated carbocycles. The molecule has 0 unspecified atom stereocenters. The van der Waals surface area contributed by atoms with Gasteiger partial charge in [-0.1, -0.05) is 13.8 Å². The van der Waals surface area contributed by atoms with E-state index in [1.807, 2.05) is 20.0 Å². The van der Waals surface area contributed by atoms with Crippen LogP contribution in [0.2, 0.25) is 0 Å². The number of rotatable bonds is 6. The lowest BCUT2D eigenvalue weighted by Crippen LogP contribution is -2.45. The number of piperidine rings is 1. The van der Waals surface area contributed by atoms with Gasteiger partial charge in [0.2, 0.25) is 0 Å². The first-order chi connectivity index (χ1) is 17.8. The molecule has 0 atom stereocenters. The van der Waals surface area contributed by atoms with Gasteiger partial charge in [-0.05, 0) is 37.7 Å². The first kappa shape index (κ1) is 28.5. The normalized spacial score (nSPS) is 23.8. The van der Waals surface area contributed by atoms with Gasteiger partial charge in [-0.15, -0.1) is 11.3 Å². The lowest BCUT2D eigenvalue weighted by Gasteiger charge is -2.43. The third kappa shape index (κ3) is 6.39. The zero-order valence-corrected chi connectivity index (χ0v) is 22.8. The second-order valence-electron chi connectivity index (χ2n) is 9.29. The van der Waals surface area contributed by atoms with Crippen LogP contribution in [0.1, 0.15) is 66.0 Å². The SMILES string of the molecule is CC.O=S1CCC(ONn2cc(CN3CCC4(CC3)OCCc3c4sc(C(F)(F)F)c3CO)cn2)CC1. The molecule has 5 heterocycles. The van der Waals surface area contributed by atoms with Crippen LogP contribution in [0.4, 0.5) is 13.2 Å². The number of thiophene rings is 1. The van der Waals surface area contributed by atoms with Crippen LogP contribution in [0.25, 0.3) is 0 Å². The molecule has 2 saturated heterocycles. The highest BCUT2D eigenvalue weighted by Crippen LogP contribution is 2.50. The molecule has 2 aromatic rings. The predicted molar refractivity (Wildman–Crippen MR) is 136 cm³/mol. The van der Waals surface area contributed by atoms with E-state index >= 15 is 0 Å². The third-order valence-electron chi connectivity index (χ3n) is 7.03. The van der Waals surface area contributed by atoms with E-state index in [1.54, 1.807) is 6.20 Å². The molecule has 13 heteroatoms. The Bertz CT molecular complexity index is 1060. The maximum absolute atomic E-state index is 13.6. The van der Waals surface area contributed by atoms with E-state index in [2.05, 4.69) is 15.6 Å². The number of aliphatic hydroxyl groups is 1. The number of alkyl halides is 3. The molecule has 37 heavy (non-hydrogen) atoms. The summed E-state index contributed by atoms with van der Waals surface area (Å²) in [5.74, 6) is 1.31. The number of hydrogen-bond donors (Lipinski definition) is 2. The van der Waals surface area contributed by atoms with Crippen LogP contribution in [-0.4, -0.2) is 61.4 Å². The number of nitrogens with one attached hydrogen (secondary N) is 1. The highest BCUT2D eigenvalue weighted by Gasteiger charge is 2.47. The van der Waals surface area contributed by atoms with E-state index in [-0.39, 0.29) is 11.7 Å². The van der Waals surface area contributed by atoms with Crippen molar-refractivity contribution in [3.8, 4) is 0 Å². The van der Waals surface area contributed by atoms with Gasteiger partial charge in [0, 0.05) is 57.9 Å². The molecule has 3 aliphatic heterocycles. The molecule has 0 radical (unpaired) electrons. The maximum atomic E-state index is 13.6. The maximum Gasteiger partial charge on any atom is 0.425 e. The number of ether oxygens (including phenoxy) is 1. The fraction of sp³-hybridized carbons (Fsp3) is 0.708. The third-order valence-corrected chi connectivity index (χ3v) is 9.92. The van der Waals surface area contributed by atoms with E-state index in [9.17, 15) is 22.5 Å². The van der Waals surface area contributed by atoms with Crippen LogP contribution in [0.5, 0.6) is 0 Å². The van der Waals surface area contributed by atoms with Gasteiger partial charge < -0.3 is 9.84 Å². The molecule has 208 valence electrons. The van der Waals surface area contributed by atoms with Crippen molar-refractivity contribution in [2.45, 2.75) is 77.0 Å². The molecule has 1 spiro atoms. The molecule has 2 aromatic heterocycles. The topological polar surface area (TPSA) is 88.9 Å². The number of hydrogen-bond acceptors (Lipinski definition) is 8. The number of likely N-dealkylation sites (tertiary alicyclic amines) is 1. The van der Waals surface area contributed by atoms with Crippen LogP contribution < -0.4 is 5.59 Å². The lowest BCUT2D eigenvalue weighted by molar-refractivity contribution is -0.135. The molecule has 0 amide bonds. The average Bonchev–Trinajstić information content (AvgIpc) is 3.51. The fourth-order valence-corrected chi connectivity index (χ4v) is 7.84. The summed E-state index contributed by atoms with van der Waals surface area (Å²) in [6.07, 6.45) is 2.25. The Kier molecular flexibility index (Phi) is 9.34. The van der Waals surface area contributed by atoms with Crippen LogP contribution in [0.3, 0.4) is 0 Å². The molecule has 0 bridgehead atoms. The second-order valence-corrected chi connectivity index (χ2v) is 12.0. The standard InChI is InChI=1S/C22H29F3N4O4S2.C2H6/c23-22(24,25)20-18(14-30)17-1-8-32-21(19(17)34-20)4-6-28(7-5-21)12-15-11-26-29(13-15)27-33-16-2-9-35(31)10-3-16;1-2/h11,13,16,27,30H,1-10,12,14H2;1-2H3. The largest absolute Gasteiger partial charge is 0.425 e. The van der Waals surface area contributed by atoms with E-state index in [0.29, 0.717) is 67.4 Å². The number of aromatic nitrogens is 2. The summed E-state index contributed by atoms with van der Waals surface area (Å²) in [7, 11) is -0.736. The van der Waals surface area contributed by atoms with Crippen molar-refractivity contribution >= 4 is 22.1 Å². The Morgan fingerprint density at radius 3 is 2.65 bits per heavy atom. The lowest BCUT2D eigenvalue weighted by atomic mass is 9.84. The zero-order chi connectivity index (χ0) is 26.6. The first-order valence-electron chi connectivity index (χ1n) is 12.8. The summed E-state index contributed by atoms with van der Waals surface area (Å²) in [6, 6.07) is 0. The summed E-state index contributed by atoms with van der Waals surface area (Å²) in [4.78, 5) is 9.37. The van der Waals surface area contributed by atoms with Crippen molar-refractivity contribution in [1.29, 1.82) is 0 Å². The number of halogens is 3. The van der Waals surface area contributed by atoms with Crippen molar-refractivity contribution in [3.05, 3.63) is 38.8 Å². The Balaban J connectivity index is 0.00000156. The van der Waals surface area contributed by atoms with E-state index in [0.717, 1.165) is 29.7 Å². The van der Waals surface area contributed by atoms with Gasteiger partial charge in [-0.3, -0.25) is 13.9 Å². The fourth-order valence-electron chi connectivity index (χ4n) is 5.15. The molecule has 5 rings (SSSR count). The Morgan fingerprint density at radius 2 is 2.00 bits per heavy atom. The number of aliphatic hydroxyl groups excluding tert-OH is 1. The van der Waals surface area contributed by atoms with Gasteiger partial charge in [0.1, 0.15) is 10.5 Å². The van der Waals surface area contributed by atoms with E-state index < -0.39 is 34.1 Å². The molecule has 0 aromatic carbocycles. The van der Waals surface area contributed by atoms with Gasteiger partial charge in [-0.25, -0.2) is 0 Å². The Hall–Kier alpha value is -1.51. The first-order valence-corrected chi connectivity index (χ1v) is 15.1. The van der Waals surface area contributed by atoms with E-state index in [4.69, 9.17) is 9.57 Å². The highest BCUT2D eigenvalue weighted by molar-refractivity contribution is 7.85.